The third-order valence-electron chi connectivity index (χ3n) is 4.06. The number of hydrazine groups is 1. The number of hydrogen-bond donors (Lipinski definition) is 3. The third kappa shape index (κ3) is 3.45. The van der Waals surface area contributed by atoms with Crippen LogP contribution in [0.1, 0.15) is 25.7 Å². The van der Waals surface area contributed by atoms with Crippen LogP contribution in [0.4, 0.5) is 23.1 Å². The van der Waals surface area contributed by atoms with Gasteiger partial charge in [0.05, 0.1) is 24.7 Å². The normalized spacial score (nSPS) is 14.7. The summed E-state index contributed by atoms with van der Waals surface area (Å²) in [4.78, 5) is 8.73. The molecule has 2 aromatic rings. The molecule has 7 heteroatoms. The van der Waals surface area contributed by atoms with Crippen LogP contribution in [0.5, 0.6) is 5.75 Å². The minimum atomic E-state index is 0.429. The molecule has 0 unspecified atom stereocenters. The fraction of sp³-hybridized carbons (Fsp3) is 0.375. The van der Waals surface area contributed by atoms with Gasteiger partial charge in [0.25, 0.3) is 0 Å². The highest BCUT2D eigenvalue weighted by molar-refractivity contribution is 5.70. The molecule has 0 radical (unpaired) electrons. The Kier molecular flexibility index (Phi) is 4.47. The van der Waals surface area contributed by atoms with Crippen molar-refractivity contribution in [2.75, 3.05) is 23.2 Å². The van der Waals surface area contributed by atoms with E-state index in [4.69, 9.17) is 16.3 Å². The van der Waals surface area contributed by atoms with E-state index in [1.807, 2.05) is 24.3 Å². The van der Waals surface area contributed by atoms with Crippen molar-refractivity contribution in [2.45, 2.75) is 31.7 Å². The summed E-state index contributed by atoms with van der Waals surface area (Å²) in [6.45, 7) is 0. The molecule has 1 aromatic carbocycles. The van der Waals surface area contributed by atoms with E-state index < -0.39 is 0 Å². The molecule has 23 heavy (non-hydrogen) atoms. The van der Waals surface area contributed by atoms with Crippen LogP contribution < -0.4 is 26.6 Å². The van der Waals surface area contributed by atoms with Crippen LogP contribution in [0, 0.1) is 0 Å². The first kappa shape index (κ1) is 15.4. The number of aromatic nitrogens is 2. The lowest BCUT2D eigenvalue weighted by molar-refractivity contribution is 0.415. The molecule has 0 spiro atoms. The fourth-order valence-corrected chi connectivity index (χ4v) is 2.76. The molecule has 1 saturated carbocycles. The second-order valence-electron chi connectivity index (χ2n) is 5.67. The van der Waals surface area contributed by atoms with Gasteiger partial charge in [-0.2, -0.15) is 4.98 Å². The van der Waals surface area contributed by atoms with E-state index in [0.717, 1.165) is 24.3 Å². The zero-order valence-corrected chi connectivity index (χ0v) is 13.2. The average Bonchev–Trinajstić information content (AvgIpc) is 3.09. The van der Waals surface area contributed by atoms with Gasteiger partial charge in [-0.05, 0) is 37.1 Å². The van der Waals surface area contributed by atoms with Gasteiger partial charge in [0.2, 0.25) is 5.95 Å². The molecule has 0 saturated heterocycles. The first-order chi connectivity index (χ1) is 11.2. The lowest BCUT2D eigenvalue weighted by atomic mass is 10.2. The standard InChI is InChI=1S/C16H22N6O/c1-23-13-8-6-12(7-9-13)22(18)15-14(17)10-19-16(21-15)20-11-4-2-3-5-11/h6-11H,2-5,17-18H2,1H3,(H,19,20,21). The smallest absolute Gasteiger partial charge is 0.225 e. The molecule has 1 aliphatic carbocycles. The summed E-state index contributed by atoms with van der Waals surface area (Å²) in [6.07, 6.45) is 6.37. The topological polar surface area (TPSA) is 102 Å². The molecule has 1 heterocycles. The predicted molar refractivity (Wildman–Crippen MR) is 91.6 cm³/mol. The van der Waals surface area contributed by atoms with Crippen LogP contribution in [0.2, 0.25) is 0 Å². The van der Waals surface area contributed by atoms with Crippen molar-refractivity contribution in [1.29, 1.82) is 0 Å². The number of hydrogen-bond acceptors (Lipinski definition) is 7. The number of anilines is 4. The summed E-state index contributed by atoms with van der Waals surface area (Å²) in [7, 11) is 1.62. The minimum absolute atomic E-state index is 0.429. The molecule has 1 fully saturated rings. The summed E-state index contributed by atoms with van der Waals surface area (Å²) in [5.41, 5.74) is 7.19. The number of benzene rings is 1. The Bertz CT molecular complexity index is 654. The maximum absolute atomic E-state index is 6.18. The number of rotatable bonds is 5. The van der Waals surface area contributed by atoms with Gasteiger partial charge in [0, 0.05) is 6.04 Å². The molecule has 0 bridgehead atoms. The van der Waals surface area contributed by atoms with Gasteiger partial charge in [-0.15, -0.1) is 0 Å². The molecule has 3 rings (SSSR count). The molecule has 5 N–H and O–H groups in total. The van der Waals surface area contributed by atoms with Gasteiger partial charge in [0.15, 0.2) is 5.82 Å². The van der Waals surface area contributed by atoms with E-state index in [9.17, 15) is 0 Å². The SMILES string of the molecule is COc1ccc(N(N)c2nc(NC3CCCC3)ncc2N)cc1. The maximum Gasteiger partial charge on any atom is 0.225 e. The van der Waals surface area contributed by atoms with Crippen molar-refractivity contribution in [2.24, 2.45) is 5.84 Å². The lowest BCUT2D eigenvalue weighted by Crippen LogP contribution is -2.28. The Labute approximate surface area is 135 Å². The maximum atomic E-state index is 6.18. The zero-order valence-electron chi connectivity index (χ0n) is 13.2. The van der Waals surface area contributed by atoms with E-state index in [-0.39, 0.29) is 0 Å². The van der Waals surface area contributed by atoms with Crippen molar-refractivity contribution in [3.8, 4) is 5.75 Å². The highest BCUT2D eigenvalue weighted by Crippen LogP contribution is 2.28. The Balaban J connectivity index is 1.81. The second kappa shape index (κ2) is 6.70. The molecule has 1 aliphatic rings. The number of methoxy groups -OCH3 is 1. The van der Waals surface area contributed by atoms with Crippen LogP contribution in [-0.2, 0) is 0 Å². The number of nitrogens with zero attached hydrogens (tertiary/aromatic N) is 3. The van der Waals surface area contributed by atoms with E-state index in [2.05, 4.69) is 15.3 Å². The van der Waals surface area contributed by atoms with Gasteiger partial charge in [-0.3, -0.25) is 5.01 Å². The quantitative estimate of drug-likeness (QED) is 0.575. The first-order valence-electron chi connectivity index (χ1n) is 7.75. The van der Waals surface area contributed by atoms with Gasteiger partial charge in [-0.25, -0.2) is 10.8 Å². The van der Waals surface area contributed by atoms with Crippen molar-refractivity contribution in [3.05, 3.63) is 30.5 Å². The number of nitrogens with one attached hydrogen (secondary N) is 1. The van der Waals surface area contributed by atoms with Crippen LogP contribution in [0.15, 0.2) is 30.5 Å². The van der Waals surface area contributed by atoms with Gasteiger partial charge in [-0.1, -0.05) is 12.8 Å². The summed E-state index contributed by atoms with van der Waals surface area (Å²) < 4.78 is 5.15. The van der Waals surface area contributed by atoms with Gasteiger partial charge in [0.1, 0.15) is 5.75 Å². The lowest BCUT2D eigenvalue weighted by Gasteiger charge is -2.20. The molecule has 0 atom stereocenters. The zero-order chi connectivity index (χ0) is 16.2. The molecular formula is C16H22N6O. The van der Waals surface area contributed by atoms with Gasteiger partial charge >= 0.3 is 0 Å². The molecule has 1 aromatic heterocycles. The predicted octanol–water partition coefficient (Wildman–Crippen LogP) is 2.43. The minimum Gasteiger partial charge on any atom is -0.497 e. The second-order valence-corrected chi connectivity index (χ2v) is 5.67. The van der Waals surface area contributed by atoms with Crippen molar-refractivity contribution >= 4 is 23.1 Å². The average molecular weight is 314 g/mol. The first-order valence-corrected chi connectivity index (χ1v) is 7.75. The Morgan fingerprint density at radius 2 is 1.91 bits per heavy atom. The highest BCUT2D eigenvalue weighted by atomic mass is 16.5. The van der Waals surface area contributed by atoms with Crippen LogP contribution in [0.25, 0.3) is 0 Å². The summed E-state index contributed by atoms with van der Waals surface area (Å²) in [5.74, 6) is 7.98. The Morgan fingerprint density at radius 3 is 2.57 bits per heavy atom. The van der Waals surface area contributed by atoms with E-state index >= 15 is 0 Å². The fourth-order valence-electron chi connectivity index (χ4n) is 2.76. The van der Waals surface area contributed by atoms with Crippen molar-refractivity contribution in [3.63, 3.8) is 0 Å². The molecule has 122 valence electrons. The largest absolute Gasteiger partial charge is 0.497 e. The van der Waals surface area contributed by atoms with Crippen molar-refractivity contribution < 1.29 is 4.74 Å². The summed E-state index contributed by atoms with van der Waals surface area (Å²) >= 11 is 0. The number of nitrogens with two attached hydrogens (primary N) is 2. The molecular weight excluding hydrogens is 292 g/mol. The van der Waals surface area contributed by atoms with Crippen LogP contribution in [-0.4, -0.2) is 23.1 Å². The Hall–Kier alpha value is -2.54. The number of nitrogen functional groups attached to an aromatic ring is 1. The van der Waals surface area contributed by atoms with Crippen LogP contribution >= 0.6 is 0 Å². The van der Waals surface area contributed by atoms with Gasteiger partial charge < -0.3 is 15.8 Å². The summed E-state index contributed by atoms with van der Waals surface area (Å²) in [5, 5.41) is 4.81. The highest BCUT2D eigenvalue weighted by Gasteiger charge is 2.17. The third-order valence-corrected chi connectivity index (χ3v) is 4.06. The van der Waals surface area contributed by atoms with Crippen molar-refractivity contribution in [1.82, 2.24) is 9.97 Å². The Morgan fingerprint density at radius 1 is 1.22 bits per heavy atom. The number of ether oxygens (including phenoxy) is 1. The monoisotopic (exact) mass is 314 g/mol. The summed E-state index contributed by atoms with van der Waals surface area (Å²) in [6, 6.07) is 7.81. The van der Waals surface area contributed by atoms with E-state index in [0.29, 0.717) is 23.5 Å². The van der Waals surface area contributed by atoms with E-state index in [1.165, 1.54) is 17.9 Å². The molecule has 7 nitrogen and oxygen atoms in total. The van der Waals surface area contributed by atoms with E-state index in [1.54, 1.807) is 13.3 Å². The molecule has 0 aliphatic heterocycles. The van der Waals surface area contributed by atoms with Crippen LogP contribution in [0.3, 0.4) is 0 Å². The molecule has 0 amide bonds.